The fraction of sp³-hybridized carbons (Fsp3) is 0.364. The van der Waals surface area contributed by atoms with Gasteiger partial charge in [-0.25, -0.2) is 0 Å². The maximum Gasteiger partial charge on any atom is 0.417 e. The van der Waals surface area contributed by atoms with E-state index in [1.807, 2.05) is 0 Å². The van der Waals surface area contributed by atoms with Crippen molar-refractivity contribution >= 4 is 0 Å². The van der Waals surface area contributed by atoms with Gasteiger partial charge in [-0.15, -0.1) is 0 Å². The first-order valence-corrected chi connectivity index (χ1v) is 4.51. The van der Waals surface area contributed by atoms with E-state index in [1.54, 1.807) is 26.0 Å². The molecule has 0 fully saturated rings. The molecule has 1 rings (SSSR count). The van der Waals surface area contributed by atoms with E-state index in [0.717, 1.165) is 0 Å². The Kier molecular flexibility index (Phi) is 3.04. The lowest BCUT2D eigenvalue weighted by Crippen LogP contribution is -2.12. The maximum atomic E-state index is 12.7. The zero-order chi connectivity index (χ0) is 11.6. The minimum Gasteiger partial charge on any atom is -0.192 e. The standard InChI is InChI=1S/C11H10F3N/c1-3-9-7(2)4-5-8(6-15)10(9)11(12,13)14/h4-5H,3H2,1-2H3. The number of nitriles is 1. The average molecular weight is 213 g/mol. The van der Waals surface area contributed by atoms with Crippen molar-refractivity contribution in [3.05, 3.63) is 34.4 Å². The molecule has 0 aromatic heterocycles. The molecule has 0 saturated heterocycles. The van der Waals surface area contributed by atoms with Crippen LogP contribution in [0.1, 0.15) is 29.2 Å². The number of halogens is 3. The summed E-state index contributed by atoms with van der Waals surface area (Å²) in [6, 6.07) is 4.35. The van der Waals surface area contributed by atoms with Crippen LogP contribution in [0.4, 0.5) is 13.2 Å². The summed E-state index contributed by atoms with van der Waals surface area (Å²) in [5.74, 6) is 0. The molecule has 1 nitrogen and oxygen atoms in total. The Morgan fingerprint density at radius 2 is 1.93 bits per heavy atom. The van der Waals surface area contributed by atoms with Crippen molar-refractivity contribution in [1.29, 1.82) is 5.26 Å². The molecule has 0 aliphatic heterocycles. The second-order valence-electron chi connectivity index (χ2n) is 3.25. The second-order valence-corrected chi connectivity index (χ2v) is 3.25. The van der Waals surface area contributed by atoms with Crippen molar-refractivity contribution in [2.75, 3.05) is 0 Å². The molecule has 0 N–H and O–H groups in total. The van der Waals surface area contributed by atoms with Gasteiger partial charge in [0.1, 0.15) is 0 Å². The predicted molar refractivity (Wildman–Crippen MR) is 50.3 cm³/mol. The van der Waals surface area contributed by atoms with Gasteiger partial charge in [0.2, 0.25) is 0 Å². The molecule has 4 heteroatoms. The number of benzene rings is 1. The van der Waals surface area contributed by atoms with Gasteiger partial charge in [0, 0.05) is 0 Å². The summed E-state index contributed by atoms with van der Waals surface area (Å²) in [6.07, 6.45) is -4.18. The van der Waals surface area contributed by atoms with Crippen LogP contribution in [0.2, 0.25) is 0 Å². The molecular weight excluding hydrogens is 203 g/mol. The highest BCUT2D eigenvalue weighted by atomic mass is 19.4. The third-order valence-corrected chi connectivity index (χ3v) is 2.30. The van der Waals surface area contributed by atoms with Crippen LogP contribution in [-0.4, -0.2) is 0 Å². The van der Waals surface area contributed by atoms with E-state index in [9.17, 15) is 13.2 Å². The first-order chi connectivity index (χ1) is 6.91. The molecule has 0 radical (unpaired) electrons. The smallest absolute Gasteiger partial charge is 0.192 e. The summed E-state index contributed by atoms with van der Waals surface area (Å²) in [5, 5.41) is 8.64. The van der Waals surface area contributed by atoms with Crippen LogP contribution in [-0.2, 0) is 12.6 Å². The Morgan fingerprint density at radius 3 is 2.33 bits per heavy atom. The van der Waals surface area contributed by atoms with Crippen LogP contribution in [0.3, 0.4) is 0 Å². The number of hydrogen-bond donors (Lipinski definition) is 0. The van der Waals surface area contributed by atoms with E-state index in [2.05, 4.69) is 0 Å². The van der Waals surface area contributed by atoms with Crippen LogP contribution in [0, 0.1) is 18.3 Å². The molecule has 0 heterocycles. The van der Waals surface area contributed by atoms with Gasteiger partial charge in [-0.2, -0.15) is 18.4 Å². The summed E-state index contributed by atoms with van der Waals surface area (Å²) >= 11 is 0. The molecule has 0 unspecified atom stereocenters. The molecule has 80 valence electrons. The number of rotatable bonds is 1. The Hall–Kier alpha value is -1.50. The maximum absolute atomic E-state index is 12.7. The molecule has 0 spiro atoms. The fourth-order valence-corrected chi connectivity index (χ4v) is 1.62. The molecule has 0 amide bonds. The van der Waals surface area contributed by atoms with Crippen LogP contribution >= 0.6 is 0 Å². The topological polar surface area (TPSA) is 23.8 Å². The summed E-state index contributed by atoms with van der Waals surface area (Å²) in [4.78, 5) is 0. The van der Waals surface area contributed by atoms with Gasteiger partial charge in [0.15, 0.2) is 0 Å². The van der Waals surface area contributed by atoms with E-state index >= 15 is 0 Å². The normalized spacial score (nSPS) is 11.2. The highest BCUT2D eigenvalue weighted by Gasteiger charge is 2.36. The van der Waals surface area contributed by atoms with Gasteiger partial charge in [-0.1, -0.05) is 13.0 Å². The Bertz CT molecular complexity index is 413. The van der Waals surface area contributed by atoms with Gasteiger partial charge in [-0.05, 0) is 30.5 Å². The van der Waals surface area contributed by atoms with Gasteiger partial charge >= 0.3 is 6.18 Å². The average Bonchev–Trinajstić information content (AvgIpc) is 2.15. The number of alkyl halides is 3. The van der Waals surface area contributed by atoms with E-state index in [1.165, 1.54) is 6.07 Å². The monoisotopic (exact) mass is 213 g/mol. The van der Waals surface area contributed by atoms with Gasteiger partial charge < -0.3 is 0 Å². The minimum atomic E-state index is -4.46. The number of nitrogens with zero attached hydrogens (tertiary/aromatic N) is 1. The van der Waals surface area contributed by atoms with Crippen molar-refractivity contribution in [3.63, 3.8) is 0 Å². The van der Waals surface area contributed by atoms with Gasteiger partial charge in [0.25, 0.3) is 0 Å². The van der Waals surface area contributed by atoms with Crippen molar-refractivity contribution in [1.82, 2.24) is 0 Å². The SMILES string of the molecule is CCc1c(C)ccc(C#N)c1C(F)(F)F. The van der Waals surface area contributed by atoms with E-state index in [0.29, 0.717) is 5.56 Å². The quantitative estimate of drug-likeness (QED) is 0.700. The first kappa shape index (κ1) is 11.6. The van der Waals surface area contributed by atoms with Crippen molar-refractivity contribution in [2.45, 2.75) is 26.4 Å². The Balaban J connectivity index is 3.57. The van der Waals surface area contributed by atoms with Crippen molar-refractivity contribution < 1.29 is 13.2 Å². The van der Waals surface area contributed by atoms with Crippen LogP contribution in [0.15, 0.2) is 12.1 Å². The molecule has 1 aromatic rings. The van der Waals surface area contributed by atoms with Crippen molar-refractivity contribution in [3.8, 4) is 6.07 Å². The lowest BCUT2D eigenvalue weighted by Gasteiger charge is -2.15. The summed E-state index contributed by atoms with van der Waals surface area (Å²) in [7, 11) is 0. The third-order valence-electron chi connectivity index (χ3n) is 2.30. The van der Waals surface area contributed by atoms with Crippen molar-refractivity contribution in [2.24, 2.45) is 0 Å². The summed E-state index contributed by atoms with van der Waals surface area (Å²) < 4.78 is 38.1. The summed E-state index contributed by atoms with van der Waals surface area (Å²) in [6.45, 7) is 3.27. The van der Waals surface area contributed by atoms with E-state index < -0.39 is 11.7 Å². The van der Waals surface area contributed by atoms with Crippen LogP contribution < -0.4 is 0 Å². The van der Waals surface area contributed by atoms with E-state index in [-0.39, 0.29) is 17.5 Å². The summed E-state index contributed by atoms with van der Waals surface area (Å²) in [5.41, 5.74) is -0.303. The van der Waals surface area contributed by atoms with Crippen LogP contribution in [0.25, 0.3) is 0 Å². The molecule has 15 heavy (non-hydrogen) atoms. The molecule has 0 saturated carbocycles. The highest BCUT2D eigenvalue weighted by molar-refractivity contribution is 5.48. The largest absolute Gasteiger partial charge is 0.417 e. The van der Waals surface area contributed by atoms with E-state index in [4.69, 9.17) is 5.26 Å². The lowest BCUT2D eigenvalue weighted by molar-refractivity contribution is -0.138. The highest BCUT2D eigenvalue weighted by Crippen LogP contribution is 2.36. The lowest BCUT2D eigenvalue weighted by atomic mass is 9.95. The molecule has 1 aromatic carbocycles. The predicted octanol–water partition coefficient (Wildman–Crippen LogP) is 3.45. The first-order valence-electron chi connectivity index (χ1n) is 4.51. The fourth-order valence-electron chi connectivity index (χ4n) is 1.62. The zero-order valence-corrected chi connectivity index (χ0v) is 8.44. The minimum absolute atomic E-state index is 0.210. The van der Waals surface area contributed by atoms with Gasteiger partial charge in [-0.3, -0.25) is 0 Å². The second kappa shape index (κ2) is 3.93. The molecule has 0 atom stereocenters. The third kappa shape index (κ3) is 2.12. The molecule has 0 bridgehead atoms. The van der Waals surface area contributed by atoms with Crippen LogP contribution in [0.5, 0.6) is 0 Å². The molecular formula is C11H10F3N. The number of aryl methyl sites for hydroxylation is 1. The molecule has 0 aliphatic rings. The zero-order valence-electron chi connectivity index (χ0n) is 8.44. The van der Waals surface area contributed by atoms with Gasteiger partial charge in [0.05, 0.1) is 17.2 Å². The Morgan fingerprint density at radius 1 is 1.33 bits per heavy atom. The number of hydrogen-bond acceptors (Lipinski definition) is 1. The Labute approximate surface area is 86.1 Å². The molecule has 0 aliphatic carbocycles.